The van der Waals surface area contributed by atoms with Crippen molar-refractivity contribution in [3.05, 3.63) is 29.8 Å². The Labute approximate surface area is 118 Å². The normalized spacial score (nSPS) is 11.7. The smallest absolute Gasteiger partial charge is 0.490 e. The number of hydrogen-bond acceptors (Lipinski definition) is 5. The lowest BCUT2D eigenvalue weighted by atomic mass is 10.1. The molecule has 0 aliphatic heterocycles. The third kappa shape index (κ3) is 6.61. The number of methoxy groups -OCH3 is 2. The van der Waals surface area contributed by atoms with E-state index < -0.39 is 24.2 Å². The summed E-state index contributed by atoms with van der Waals surface area (Å²) in [7, 11) is 2.89. The van der Waals surface area contributed by atoms with Crippen molar-refractivity contribution in [2.45, 2.75) is 12.2 Å². The van der Waals surface area contributed by atoms with Gasteiger partial charge in [-0.15, -0.1) is 0 Å². The lowest BCUT2D eigenvalue weighted by molar-refractivity contribution is -0.192. The van der Waals surface area contributed by atoms with Crippen molar-refractivity contribution in [1.82, 2.24) is 0 Å². The van der Waals surface area contributed by atoms with E-state index in [9.17, 15) is 18.0 Å². The third-order valence-electron chi connectivity index (χ3n) is 2.17. The van der Waals surface area contributed by atoms with Gasteiger partial charge in [-0.1, -0.05) is 12.1 Å². The molecule has 0 spiro atoms. The van der Waals surface area contributed by atoms with E-state index in [4.69, 9.17) is 20.4 Å². The number of alkyl halides is 3. The van der Waals surface area contributed by atoms with Crippen LogP contribution >= 0.6 is 0 Å². The molecule has 0 saturated carbocycles. The lowest BCUT2D eigenvalue weighted by Gasteiger charge is -2.09. The van der Waals surface area contributed by atoms with Crippen LogP contribution < -0.4 is 10.5 Å². The molecular weight excluding hydrogens is 295 g/mol. The van der Waals surface area contributed by atoms with Gasteiger partial charge in [-0.2, -0.15) is 13.2 Å². The molecule has 1 aromatic carbocycles. The minimum atomic E-state index is -5.08. The first kappa shape index (κ1) is 18.7. The molecule has 0 aromatic heterocycles. The molecule has 0 bridgehead atoms. The zero-order chi connectivity index (χ0) is 16.6. The van der Waals surface area contributed by atoms with Crippen LogP contribution in [-0.4, -0.2) is 37.4 Å². The van der Waals surface area contributed by atoms with Crippen molar-refractivity contribution >= 4 is 11.9 Å². The molecule has 0 aliphatic carbocycles. The SMILES string of the molecule is COC(=O)[C@@H](N)c1ccc(OC)cc1.O=C(O)C(F)(F)F. The summed E-state index contributed by atoms with van der Waals surface area (Å²) >= 11 is 0. The van der Waals surface area contributed by atoms with Crippen LogP contribution in [0.1, 0.15) is 11.6 Å². The van der Waals surface area contributed by atoms with Crippen LogP contribution in [0.25, 0.3) is 0 Å². The molecule has 0 saturated heterocycles. The van der Waals surface area contributed by atoms with Crippen LogP contribution in [0.3, 0.4) is 0 Å². The van der Waals surface area contributed by atoms with Gasteiger partial charge in [0.05, 0.1) is 14.2 Å². The zero-order valence-electron chi connectivity index (χ0n) is 11.2. The third-order valence-corrected chi connectivity index (χ3v) is 2.17. The summed E-state index contributed by atoms with van der Waals surface area (Å²) < 4.78 is 41.2. The van der Waals surface area contributed by atoms with Gasteiger partial charge in [0.15, 0.2) is 0 Å². The highest BCUT2D eigenvalue weighted by atomic mass is 19.4. The number of hydrogen-bond donors (Lipinski definition) is 2. The number of esters is 1. The molecule has 3 N–H and O–H groups in total. The van der Waals surface area contributed by atoms with Crippen LogP contribution in [0, 0.1) is 0 Å². The molecule has 9 heteroatoms. The van der Waals surface area contributed by atoms with Crippen molar-refractivity contribution in [2.75, 3.05) is 14.2 Å². The first-order valence-corrected chi connectivity index (χ1v) is 5.41. The van der Waals surface area contributed by atoms with Crippen LogP contribution in [0.5, 0.6) is 5.75 Å². The number of carboxylic acid groups (broad SMARTS) is 1. The van der Waals surface area contributed by atoms with Crippen molar-refractivity contribution in [3.63, 3.8) is 0 Å². The van der Waals surface area contributed by atoms with Gasteiger partial charge in [0.25, 0.3) is 0 Å². The van der Waals surface area contributed by atoms with Gasteiger partial charge in [-0.25, -0.2) is 4.79 Å². The van der Waals surface area contributed by atoms with E-state index in [1.807, 2.05) is 0 Å². The Morgan fingerprint density at radius 1 is 1.19 bits per heavy atom. The molecule has 0 aliphatic rings. The van der Waals surface area contributed by atoms with E-state index in [0.717, 1.165) is 5.75 Å². The van der Waals surface area contributed by atoms with Gasteiger partial charge in [0.2, 0.25) is 0 Å². The van der Waals surface area contributed by atoms with Crippen LogP contribution in [-0.2, 0) is 14.3 Å². The Bertz CT molecular complexity index is 473. The molecule has 0 amide bonds. The Morgan fingerprint density at radius 2 is 1.62 bits per heavy atom. The zero-order valence-corrected chi connectivity index (χ0v) is 11.2. The minimum absolute atomic E-state index is 0.449. The number of halogens is 3. The number of carbonyl (C=O) groups is 2. The Hall–Kier alpha value is -2.29. The van der Waals surface area contributed by atoms with Gasteiger partial charge in [-0.05, 0) is 17.7 Å². The minimum Gasteiger partial charge on any atom is -0.497 e. The largest absolute Gasteiger partial charge is 0.497 e. The Balaban J connectivity index is 0.000000486. The highest BCUT2D eigenvalue weighted by molar-refractivity contribution is 5.77. The number of nitrogens with two attached hydrogens (primary N) is 1. The summed E-state index contributed by atoms with van der Waals surface area (Å²) in [6.07, 6.45) is -5.08. The molecule has 6 nitrogen and oxygen atoms in total. The number of carbonyl (C=O) groups excluding carboxylic acids is 1. The molecule has 0 heterocycles. The topological polar surface area (TPSA) is 98.9 Å². The summed E-state index contributed by atoms with van der Waals surface area (Å²) in [6.45, 7) is 0. The van der Waals surface area contributed by atoms with Crippen molar-refractivity contribution in [1.29, 1.82) is 0 Å². The van der Waals surface area contributed by atoms with Gasteiger partial charge < -0.3 is 20.3 Å². The second-order valence-electron chi connectivity index (χ2n) is 3.58. The summed E-state index contributed by atoms with van der Waals surface area (Å²) in [5.74, 6) is -2.48. The Kier molecular flexibility index (Phi) is 7.22. The fourth-order valence-corrected chi connectivity index (χ4v) is 1.07. The quantitative estimate of drug-likeness (QED) is 0.821. The van der Waals surface area contributed by atoms with E-state index in [0.29, 0.717) is 5.56 Å². The molecular formula is C12H14F3NO5. The summed E-state index contributed by atoms with van der Waals surface area (Å²) in [6, 6.07) is 6.24. The fraction of sp³-hybridized carbons (Fsp3) is 0.333. The molecule has 118 valence electrons. The maximum Gasteiger partial charge on any atom is 0.490 e. The van der Waals surface area contributed by atoms with Crippen LogP contribution in [0.2, 0.25) is 0 Å². The number of carboxylic acids is 1. The average molecular weight is 309 g/mol. The maximum absolute atomic E-state index is 11.1. The molecule has 1 aromatic rings. The molecule has 0 fully saturated rings. The first-order valence-electron chi connectivity index (χ1n) is 5.41. The van der Waals surface area contributed by atoms with Crippen molar-refractivity contribution in [3.8, 4) is 5.75 Å². The van der Waals surface area contributed by atoms with Gasteiger partial charge >= 0.3 is 18.1 Å². The first-order chi connectivity index (χ1) is 9.63. The predicted molar refractivity (Wildman–Crippen MR) is 65.6 cm³/mol. The number of ether oxygens (including phenoxy) is 2. The summed E-state index contributed by atoms with van der Waals surface area (Å²) in [4.78, 5) is 20.0. The molecule has 0 radical (unpaired) electrons. The fourth-order valence-electron chi connectivity index (χ4n) is 1.07. The van der Waals surface area contributed by atoms with Gasteiger partial charge in [0.1, 0.15) is 11.8 Å². The van der Waals surface area contributed by atoms with Crippen molar-refractivity contribution < 1.29 is 37.3 Å². The number of rotatable bonds is 3. The average Bonchev–Trinajstić information content (AvgIpc) is 2.45. The molecule has 1 rings (SSSR count). The van der Waals surface area contributed by atoms with Gasteiger partial charge in [0, 0.05) is 0 Å². The van der Waals surface area contributed by atoms with Crippen LogP contribution in [0.15, 0.2) is 24.3 Å². The van der Waals surface area contributed by atoms with E-state index in [-0.39, 0.29) is 0 Å². The highest BCUT2D eigenvalue weighted by Gasteiger charge is 2.38. The maximum atomic E-state index is 11.1. The molecule has 0 unspecified atom stereocenters. The molecule has 1 atom stereocenters. The predicted octanol–water partition coefficient (Wildman–Crippen LogP) is 1.50. The standard InChI is InChI=1S/C10H13NO3.C2HF3O2/c1-13-8-5-3-7(4-6-8)9(11)10(12)14-2;3-2(4,5)1(6)7/h3-6,9H,11H2,1-2H3;(H,6,7)/t9-;/m0./s1. The monoisotopic (exact) mass is 309 g/mol. The molecule has 21 heavy (non-hydrogen) atoms. The van der Waals surface area contributed by atoms with Crippen molar-refractivity contribution in [2.24, 2.45) is 5.73 Å². The van der Waals surface area contributed by atoms with E-state index in [1.165, 1.54) is 7.11 Å². The number of aliphatic carboxylic acids is 1. The van der Waals surface area contributed by atoms with Crippen LogP contribution in [0.4, 0.5) is 13.2 Å². The Morgan fingerprint density at radius 3 is 1.90 bits per heavy atom. The van der Waals surface area contributed by atoms with Gasteiger partial charge in [-0.3, -0.25) is 4.79 Å². The lowest BCUT2D eigenvalue weighted by Crippen LogP contribution is -2.22. The second kappa shape index (κ2) is 8.10. The number of benzene rings is 1. The second-order valence-corrected chi connectivity index (χ2v) is 3.58. The van der Waals surface area contributed by atoms with E-state index in [2.05, 4.69) is 4.74 Å². The van der Waals surface area contributed by atoms with E-state index in [1.54, 1.807) is 31.4 Å². The van der Waals surface area contributed by atoms with E-state index >= 15 is 0 Å². The summed E-state index contributed by atoms with van der Waals surface area (Å²) in [5, 5.41) is 7.12. The summed E-state index contributed by atoms with van der Waals surface area (Å²) in [5.41, 5.74) is 6.33. The highest BCUT2D eigenvalue weighted by Crippen LogP contribution is 2.16.